The van der Waals surface area contributed by atoms with Crippen LogP contribution in [0.4, 0.5) is 0 Å². The summed E-state index contributed by atoms with van der Waals surface area (Å²) in [7, 11) is 1.61. The summed E-state index contributed by atoms with van der Waals surface area (Å²) in [6.45, 7) is 0.329. The minimum absolute atomic E-state index is 0.329. The highest BCUT2D eigenvalue weighted by atomic mass is 79.9. The summed E-state index contributed by atoms with van der Waals surface area (Å²) in [4.78, 5) is 0. The second kappa shape index (κ2) is 6.65. The highest BCUT2D eigenvalue weighted by molar-refractivity contribution is 9.10. The molecule has 0 heterocycles. The number of benzene rings is 2. The number of hydrogen-bond donors (Lipinski definition) is 0. The van der Waals surface area contributed by atoms with Gasteiger partial charge in [-0.15, -0.1) is 0 Å². The van der Waals surface area contributed by atoms with Crippen molar-refractivity contribution in [1.29, 1.82) is 5.26 Å². The van der Waals surface area contributed by atoms with Gasteiger partial charge in [0.25, 0.3) is 0 Å². The van der Waals surface area contributed by atoms with Gasteiger partial charge in [0.1, 0.15) is 18.1 Å². The summed E-state index contributed by atoms with van der Waals surface area (Å²) in [5.41, 5.74) is 1.36. The molecule has 0 aliphatic heterocycles. The predicted octanol–water partition coefficient (Wildman–Crippen LogP) is 4.56. The van der Waals surface area contributed by atoms with Gasteiger partial charge in [-0.3, -0.25) is 0 Å². The Kier molecular flexibility index (Phi) is 4.89. The lowest BCUT2D eigenvalue weighted by molar-refractivity contribution is 0.303. The third kappa shape index (κ3) is 3.44. The van der Waals surface area contributed by atoms with Gasteiger partial charge in [0.05, 0.1) is 23.2 Å². The van der Waals surface area contributed by atoms with Crippen LogP contribution in [0.5, 0.6) is 11.5 Å². The summed E-state index contributed by atoms with van der Waals surface area (Å²) in [5, 5.41) is 9.31. The second-order valence-corrected chi connectivity index (χ2v) is 5.26. The zero-order valence-corrected chi connectivity index (χ0v) is 13.0. The van der Waals surface area contributed by atoms with Crippen molar-refractivity contribution in [2.24, 2.45) is 0 Å². The first-order valence-corrected chi connectivity index (χ1v) is 6.96. The van der Waals surface area contributed by atoms with Crippen LogP contribution in [-0.2, 0) is 6.61 Å². The lowest BCUT2D eigenvalue weighted by atomic mass is 10.1. The fourth-order valence-corrected chi connectivity index (χ4v) is 2.32. The Labute approximate surface area is 130 Å². The molecule has 0 aromatic heterocycles. The van der Waals surface area contributed by atoms with Crippen LogP contribution in [0.1, 0.15) is 11.1 Å². The predicted molar refractivity (Wildman–Crippen MR) is 81.2 cm³/mol. The summed E-state index contributed by atoms with van der Waals surface area (Å²) in [6.07, 6.45) is 0. The van der Waals surface area contributed by atoms with Crippen molar-refractivity contribution in [2.75, 3.05) is 7.11 Å². The largest absolute Gasteiger partial charge is 0.497 e. The minimum atomic E-state index is 0.329. The molecule has 0 atom stereocenters. The maximum atomic E-state index is 8.79. The first-order valence-electron chi connectivity index (χ1n) is 5.79. The van der Waals surface area contributed by atoms with Gasteiger partial charge in [-0.25, -0.2) is 0 Å². The topological polar surface area (TPSA) is 42.2 Å². The quantitative estimate of drug-likeness (QED) is 0.810. The van der Waals surface area contributed by atoms with Crippen molar-refractivity contribution in [1.82, 2.24) is 0 Å². The molecule has 0 aliphatic carbocycles. The maximum absolute atomic E-state index is 8.79. The maximum Gasteiger partial charge on any atom is 0.134 e. The Balaban J connectivity index is 2.11. The standard InChI is InChI=1S/C15H11BrClNO2/c1-19-12-4-5-15(13(16)7-12)20-9-11-3-2-10(8-18)6-14(11)17/h2-7H,9H2,1H3. The molecule has 102 valence electrons. The number of nitriles is 1. The highest BCUT2D eigenvalue weighted by Crippen LogP contribution is 2.30. The third-order valence-corrected chi connectivity index (χ3v) is 3.68. The van der Waals surface area contributed by atoms with Crippen LogP contribution in [0, 0.1) is 11.3 Å². The number of rotatable bonds is 4. The number of ether oxygens (including phenoxy) is 2. The molecule has 0 unspecified atom stereocenters. The van der Waals surface area contributed by atoms with E-state index in [1.165, 1.54) is 0 Å². The Morgan fingerprint density at radius 2 is 2.05 bits per heavy atom. The van der Waals surface area contributed by atoms with Gasteiger partial charge < -0.3 is 9.47 Å². The number of methoxy groups -OCH3 is 1. The van der Waals surface area contributed by atoms with Gasteiger partial charge in [0.2, 0.25) is 0 Å². The smallest absolute Gasteiger partial charge is 0.134 e. The van der Waals surface area contributed by atoms with Crippen molar-refractivity contribution < 1.29 is 9.47 Å². The van der Waals surface area contributed by atoms with E-state index in [0.717, 1.165) is 15.8 Å². The summed E-state index contributed by atoms with van der Waals surface area (Å²) in [5.74, 6) is 1.45. The van der Waals surface area contributed by atoms with Crippen molar-refractivity contribution >= 4 is 27.5 Å². The lowest BCUT2D eigenvalue weighted by Crippen LogP contribution is -1.97. The molecule has 0 bridgehead atoms. The van der Waals surface area contributed by atoms with Crippen molar-refractivity contribution in [3.05, 3.63) is 57.0 Å². The minimum Gasteiger partial charge on any atom is -0.497 e. The number of hydrogen-bond acceptors (Lipinski definition) is 3. The number of nitrogens with zero attached hydrogens (tertiary/aromatic N) is 1. The van der Waals surface area contributed by atoms with E-state index in [0.29, 0.717) is 22.9 Å². The summed E-state index contributed by atoms with van der Waals surface area (Å²) < 4.78 is 11.6. The molecular weight excluding hydrogens is 342 g/mol. The normalized spacial score (nSPS) is 9.90. The monoisotopic (exact) mass is 351 g/mol. The molecule has 0 saturated carbocycles. The zero-order valence-electron chi connectivity index (χ0n) is 10.7. The average Bonchev–Trinajstić information content (AvgIpc) is 2.46. The van der Waals surface area contributed by atoms with E-state index in [-0.39, 0.29) is 0 Å². The van der Waals surface area contributed by atoms with Crippen LogP contribution in [0.15, 0.2) is 40.9 Å². The van der Waals surface area contributed by atoms with Crippen molar-refractivity contribution in [3.8, 4) is 17.6 Å². The van der Waals surface area contributed by atoms with E-state index in [1.807, 2.05) is 24.3 Å². The first kappa shape index (κ1) is 14.7. The van der Waals surface area contributed by atoms with Gasteiger partial charge in [0, 0.05) is 10.6 Å². The molecule has 2 aromatic carbocycles. The van der Waals surface area contributed by atoms with Crippen molar-refractivity contribution in [3.63, 3.8) is 0 Å². The van der Waals surface area contributed by atoms with Crippen LogP contribution in [-0.4, -0.2) is 7.11 Å². The first-order chi connectivity index (χ1) is 9.63. The Morgan fingerprint density at radius 1 is 1.25 bits per heavy atom. The van der Waals surface area contributed by atoms with E-state index >= 15 is 0 Å². The number of halogens is 2. The van der Waals surface area contributed by atoms with Gasteiger partial charge in [-0.2, -0.15) is 5.26 Å². The summed E-state index contributed by atoms with van der Waals surface area (Å²) >= 11 is 9.52. The van der Waals surface area contributed by atoms with E-state index in [2.05, 4.69) is 15.9 Å². The van der Waals surface area contributed by atoms with Gasteiger partial charge >= 0.3 is 0 Å². The Morgan fingerprint density at radius 3 is 2.65 bits per heavy atom. The molecule has 3 nitrogen and oxygen atoms in total. The molecule has 0 N–H and O–H groups in total. The van der Waals surface area contributed by atoms with E-state index in [1.54, 1.807) is 25.3 Å². The molecule has 0 spiro atoms. The molecule has 20 heavy (non-hydrogen) atoms. The molecule has 2 aromatic rings. The van der Waals surface area contributed by atoms with Crippen LogP contribution < -0.4 is 9.47 Å². The lowest BCUT2D eigenvalue weighted by Gasteiger charge is -2.10. The molecule has 5 heteroatoms. The molecule has 0 amide bonds. The summed E-state index contributed by atoms with van der Waals surface area (Å²) in [6, 6.07) is 12.6. The van der Waals surface area contributed by atoms with E-state index in [9.17, 15) is 0 Å². The molecular formula is C15H11BrClNO2. The highest BCUT2D eigenvalue weighted by Gasteiger charge is 2.06. The molecule has 0 fully saturated rings. The van der Waals surface area contributed by atoms with Gasteiger partial charge in [-0.1, -0.05) is 17.7 Å². The van der Waals surface area contributed by atoms with E-state index < -0.39 is 0 Å². The molecule has 0 aliphatic rings. The van der Waals surface area contributed by atoms with Crippen LogP contribution in [0.3, 0.4) is 0 Å². The Bertz CT molecular complexity index is 667. The molecule has 0 radical (unpaired) electrons. The van der Waals surface area contributed by atoms with Gasteiger partial charge in [-0.05, 0) is 46.3 Å². The fourth-order valence-electron chi connectivity index (χ4n) is 1.62. The van der Waals surface area contributed by atoms with Crippen molar-refractivity contribution in [2.45, 2.75) is 6.61 Å². The SMILES string of the molecule is COc1ccc(OCc2ccc(C#N)cc2Cl)c(Br)c1. The van der Waals surface area contributed by atoms with Gasteiger partial charge in [0.15, 0.2) is 0 Å². The second-order valence-electron chi connectivity index (χ2n) is 4.00. The Hall–Kier alpha value is -1.70. The fraction of sp³-hybridized carbons (Fsp3) is 0.133. The third-order valence-electron chi connectivity index (χ3n) is 2.70. The average molecular weight is 353 g/mol. The molecule has 0 saturated heterocycles. The van der Waals surface area contributed by atoms with Crippen LogP contribution in [0.2, 0.25) is 5.02 Å². The van der Waals surface area contributed by atoms with Crippen LogP contribution in [0.25, 0.3) is 0 Å². The molecule has 2 rings (SSSR count). The van der Waals surface area contributed by atoms with E-state index in [4.69, 9.17) is 26.3 Å². The van der Waals surface area contributed by atoms with Crippen LogP contribution >= 0.6 is 27.5 Å². The zero-order chi connectivity index (χ0) is 14.5.